The van der Waals surface area contributed by atoms with E-state index in [0.29, 0.717) is 6.42 Å². The van der Waals surface area contributed by atoms with E-state index in [1.165, 1.54) is 0 Å². The lowest BCUT2D eigenvalue weighted by Gasteiger charge is -2.00. The van der Waals surface area contributed by atoms with Crippen molar-refractivity contribution in [2.75, 3.05) is 0 Å². The van der Waals surface area contributed by atoms with Gasteiger partial charge in [0.15, 0.2) is 11.4 Å². The van der Waals surface area contributed by atoms with E-state index in [0.717, 1.165) is 22.5 Å². The Bertz CT molecular complexity index is 704. The van der Waals surface area contributed by atoms with E-state index in [1.54, 1.807) is 0 Å². The summed E-state index contributed by atoms with van der Waals surface area (Å²) in [6.45, 7) is 0. The van der Waals surface area contributed by atoms with Crippen LogP contribution in [0.15, 0.2) is 24.3 Å². The van der Waals surface area contributed by atoms with Crippen LogP contribution in [0.2, 0.25) is 0 Å². The van der Waals surface area contributed by atoms with Crippen molar-refractivity contribution in [3.05, 3.63) is 46.9 Å². The number of fused-ring (bicyclic) bond motifs is 3. The minimum atomic E-state index is 0.1000. The molecule has 78 valence electrons. The van der Waals surface area contributed by atoms with Gasteiger partial charge in [0.2, 0.25) is 0 Å². The molecule has 0 fully saturated rings. The van der Waals surface area contributed by atoms with Gasteiger partial charge in [0, 0.05) is 12.0 Å². The van der Waals surface area contributed by atoms with E-state index in [-0.39, 0.29) is 11.4 Å². The zero-order chi connectivity index (χ0) is 11.8. The van der Waals surface area contributed by atoms with Crippen molar-refractivity contribution >= 4 is 0 Å². The predicted molar refractivity (Wildman–Crippen MR) is 59.7 cm³/mol. The first-order valence-corrected chi connectivity index (χ1v) is 5.13. The average Bonchev–Trinajstić information content (AvgIpc) is 2.74. The van der Waals surface area contributed by atoms with Crippen LogP contribution in [0.5, 0.6) is 0 Å². The van der Waals surface area contributed by atoms with E-state index >= 15 is 0 Å². The standard InChI is InChI=1S/C13H6N4/c14-6-11-12(7-15)17-13-9-4-2-1-3-8(9)5-10(13)16-11/h1-4H,5H2. The summed E-state index contributed by atoms with van der Waals surface area (Å²) >= 11 is 0. The molecule has 0 spiro atoms. The maximum Gasteiger partial charge on any atom is 0.177 e. The molecule has 1 heterocycles. The molecule has 0 amide bonds. The molecule has 2 aromatic rings. The van der Waals surface area contributed by atoms with Gasteiger partial charge < -0.3 is 0 Å². The second kappa shape index (κ2) is 3.40. The summed E-state index contributed by atoms with van der Waals surface area (Å²) < 4.78 is 0. The van der Waals surface area contributed by atoms with Crippen LogP contribution >= 0.6 is 0 Å². The first kappa shape index (κ1) is 9.50. The molecular weight excluding hydrogens is 212 g/mol. The van der Waals surface area contributed by atoms with Crippen LogP contribution in [-0.4, -0.2) is 9.97 Å². The molecule has 0 aliphatic heterocycles. The van der Waals surface area contributed by atoms with Crippen molar-refractivity contribution in [1.82, 2.24) is 9.97 Å². The number of hydrogen-bond acceptors (Lipinski definition) is 4. The van der Waals surface area contributed by atoms with E-state index < -0.39 is 0 Å². The molecule has 0 saturated heterocycles. The molecule has 3 rings (SSSR count). The Kier molecular flexibility index (Phi) is 1.90. The molecule has 4 nitrogen and oxygen atoms in total. The molecule has 0 N–H and O–H groups in total. The summed E-state index contributed by atoms with van der Waals surface area (Å²) in [7, 11) is 0. The van der Waals surface area contributed by atoms with Crippen LogP contribution in [-0.2, 0) is 6.42 Å². The zero-order valence-corrected chi connectivity index (χ0v) is 8.81. The third kappa shape index (κ3) is 1.28. The predicted octanol–water partition coefficient (Wildman–Crippen LogP) is 1.79. The molecule has 0 unspecified atom stereocenters. The van der Waals surface area contributed by atoms with Crippen molar-refractivity contribution in [2.45, 2.75) is 6.42 Å². The van der Waals surface area contributed by atoms with Crippen LogP contribution in [0.25, 0.3) is 11.3 Å². The van der Waals surface area contributed by atoms with Crippen molar-refractivity contribution in [3.63, 3.8) is 0 Å². The summed E-state index contributed by atoms with van der Waals surface area (Å²) in [4.78, 5) is 8.45. The largest absolute Gasteiger partial charge is 0.237 e. The quantitative estimate of drug-likeness (QED) is 0.576. The third-order valence-electron chi connectivity index (χ3n) is 2.81. The fraction of sp³-hybridized carbons (Fsp3) is 0.0769. The van der Waals surface area contributed by atoms with Crippen LogP contribution in [0.1, 0.15) is 22.6 Å². The van der Waals surface area contributed by atoms with Gasteiger partial charge in [-0.25, -0.2) is 9.97 Å². The molecule has 0 bridgehead atoms. The van der Waals surface area contributed by atoms with Crippen molar-refractivity contribution < 1.29 is 0 Å². The van der Waals surface area contributed by atoms with Crippen molar-refractivity contribution in [3.8, 4) is 23.4 Å². The highest BCUT2D eigenvalue weighted by atomic mass is 14.9. The Balaban J connectivity index is 2.29. The van der Waals surface area contributed by atoms with Gasteiger partial charge in [-0.3, -0.25) is 0 Å². The van der Waals surface area contributed by atoms with Crippen LogP contribution in [0.4, 0.5) is 0 Å². The second-order valence-electron chi connectivity index (χ2n) is 3.77. The minimum absolute atomic E-state index is 0.1000. The summed E-state index contributed by atoms with van der Waals surface area (Å²) in [5, 5.41) is 17.8. The normalized spacial score (nSPS) is 11.2. The van der Waals surface area contributed by atoms with Crippen LogP contribution < -0.4 is 0 Å². The molecule has 17 heavy (non-hydrogen) atoms. The Morgan fingerprint density at radius 3 is 2.47 bits per heavy atom. The van der Waals surface area contributed by atoms with E-state index in [4.69, 9.17) is 10.5 Å². The number of nitriles is 2. The smallest absolute Gasteiger partial charge is 0.177 e. The molecule has 1 aromatic carbocycles. The van der Waals surface area contributed by atoms with Gasteiger partial charge in [0.25, 0.3) is 0 Å². The summed E-state index contributed by atoms with van der Waals surface area (Å²) in [6, 6.07) is 11.7. The number of aromatic nitrogens is 2. The van der Waals surface area contributed by atoms with Gasteiger partial charge in [-0.1, -0.05) is 24.3 Å². The first-order chi connectivity index (χ1) is 8.33. The monoisotopic (exact) mass is 218 g/mol. The Morgan fingerprint density at radius 1 is 1.00 bits per heavy atom. The second-order valence-corrected chi connectivity index (χ2v) is 3.77. The van der Waals surface area contributed by atoms with E-state index in [9.17, 15) is 0 Å². The minimum Gasteiger partial charge on any atom is -0.237 e. The van der Waals surface area contributed by atoms with Gasteiger partial charge in [-0.05, 0) is 5.56 Å². The molecule has 0 saturated carbocycles. The fourth-order valence-electron chi connectivity index (χ4n) is 2.05. The number of hydrogen-bond donors (Lipinski definition) is 0. The lowest BCUT2D eigenvalue weighted by Crippen LogP contribution is -1.99. The topological polar surface area (TPSA) is 73.4 Å². The number of benzene rings is 1. The van der Waals surface area contributed by atoms with Crippen LogP contribution in [0, 0.1) is 22.7 Å². The SMILES string of the molecule is N#Cc1nc2c(nc1C#N)-c1ccccc1C2. The third-order valence-corrected chi connectivity index (χ3v) is 2.81. The highest BCUT2D eigenvalue weighted by Crippen LogP contribution is 2.33. The lowest BCUT2D eigenvalue weighted by atomic mass is 10.1. The van der Waals surface area contributed by atoms with Gasteiger partial charge in [-0.15, -0.1) is 0 Å². The first-order valence-electron chi connectivity index (χ1n) is 5.13. The molecule has 0 atom stereocenters. The molecule has 1 aliphatic rings. The maximum atomic E-state index is 8.93. The summed E-state index contributed by atoms with van der Waals surface area (Å²) in [5.41, 5.74) is 3.87. The van der Waals surface area contributed by atoms with Gasteiger partial charge in [-0.2, -0.15) is 10.5 Å². The van der Waals surface area contributed by atoms with Gasteiger partial charge in [0.1, 0.15) is 12.1 Å². The van der Waals surface area contributed by atoms with Gasteiger partial charge >= 0.3 is 0 Å². The fourth-order valence-corrected chi connectivity index (χ4v) is 2.05. The van der Waals surface area contributed by atoms with Crippen LogP contribution in [0.3, 0.4) is 0 Å². The number of nitrogens with zero attached hydrogens (tertiary/aromatic N) is 4. The average molecular weight is 218 g/mol. The van der Waals surface area contributed by atoms with Crippen molar-refractivity contribution in [2.24, 2.45) is 0 Å². The van der Waals surface area contributed by atoms with Gasteiger partial charge in [0.05, 0.1) is 11.4 Å². The van der Waals surface area contributed by atoms with E-state index in [1.807, 2.05) is 36.4 Å². The molecule has 0 radical (unpaired) electrons. The highest BCUT2D eigenvalue weighted by Gasteiger charge is 2.23. The Morgan fingerprint density at radius 2 is 1.71 bits per heavy atom. The molecular formula is C13H6N4. The summed E-state index contributed by atoms with van der Waals surface area (Å²) in [6.07, 6.45) is 0.679. The van der Waals surface area contributed by atoms with Crippen molar-refractivity contribution in [1.29, 1.82) is 10.5 Å². The maximum absolute atomic E-state index is 8.93. The zero-order valence-electron chi connectivity index (χ0n) is 8.81. The molecule has 1 aromatic heterocycles. The number of rotatable bonds is 0. The Labute approximate surface area is 97.8 Å². The van der Waals surface area contributed by atoms with E-state index in [2.05, 4.69) is 9.97 Å². The Hall–Kier alpha value is -2.72. The lowest BCUT2D eigenvalue weighted by molar-refractivity contribution is 1.05. The summed E-state index contributed by atoms with van der Waals surface area (Å²) in [5.74, 6) is 0. The molecule has 1 aliphatic carbocycles. The molecule has 4 heteroatoms. The highest BCUT2D eigenvalue weighted by molar-refractivity contribution is 5.72.